The lowest BCUT2D eigenvalue weighted by molar-refractivity contribution is -0.137. The van der Waals surface area contributed by atoms with E-state index >= 15 is 0 Å². The van der Waals surface area contributed by atoms with Gasteiger partial charge in [0, 0.05) is 37.5 Å². The van der Waals surface area contributed by atoms with Crippen LogP contribution in [0.25, 0.3) is 21.9 Å². The number of hydrogen-bond donors (Lipinski definition) is 1. The Balaban J connectivity index is 1.53. The molecule has 166 valence electrons. The van der Waals surface area contributed by atoms with Crippen LogP contribution in [-0.4, -0.2) is 35.8 Å². The molecule has 2 amide bonds. The van der Waals surface area contributed by atoms with E-state index in [-0.39, 0.29) is 23.8 Å². The maximum absolute atomic E-state index is 12.9. The second kappa shape index (κ2) is 8.30. The minimum atomic E-state index is -4.37. The molecule has 1 aliphatic rings. The highest BCUT2D eigenvalue weighted by Crippen LogP contribution is 2.33. The van der Waals surface area contributed by atoms with Crippen molar-refractivity contribution in [2.24, 2.45) is 5.92 Å². The van der Waals surface area contributed by atoms with Gasteiger partial charge in [-0.3, -0.25) is 9.59 Å². The molecule has 1 saturated heterocycles. The number of halogens is 3. The molecular weight excluding hydrogens is 417 g/mol. The number of amides is 2. The van der Waals surface area contributed by atoms with Gasteiger partial charge in [0.2, 0.25) is 5.91 Å². The van der Waals surface area contributed by atoms with Gasteiger partial charge in [-0.25, -0.2) is 0 Å². The predicted molar refractivity (Wildman–Crippen MR) is 117 cm³/mol. The molecule has 0 radical (unpaired) electrons. The molecule has 4 rings (SSSR count). The summed E-state index contributed by atoms with van der Waals surface area (Å²) in [5, 5.41) is 4.69. The first-order chi connectivity index (χ1) is 15.1. The van der Waals surface area contributed by atoms with Gasteiger partial charge in [-0.1, -0.05) is 36.4 Å². The molecule has 1 heterocycles. The van der Waals surface area contributed by atoms with Gasteiger partial charge in [0.25, 0.3) is 5.91 Å². The smallest absolute Gasteiger partial charge is 0.349 e. The van der Waals surface area contributed by atoms with Crippen molar-refractivity contribution in [3.63, 3.8) is 0 Å². The lowest BCUT2D eigenvalue weighted by atomic mass is 9.92. The number of likely N-dealkylation sites (tertiary alicyclic amines) is 1. The van der Waals surface area contributed by atoms with Gasteiger partial charge in [0.05, 0.1) is 5.56 Å². The topological polar surface area (TPSA) is 49.4 Å². The molecule has 1 aliphatic heterocycles. The predicted octanol–water partition coefficient (Wildman–Crippen LogP) is 5.12. The van der Waals surface area contributed by atoms with E-state index in [9.17, 15) is 22.8 Å². The van der Waals surface area contributed by atoms with E-state index in [1.807, 2.05) is 31.2 Å². The largest absolute Gasteiger partial charge is 0.416 e. The second-order valence-electron chi connectivity index (χ2n) is 8.26. The molecule has 3 aromatic rings. The van der Waals surface area contributed by atoms with Gasteiger partial charge in [-0.15, -0.1) is 0 Å². The van der Waals surface area contributed by atoms with E-state index in [4.69, 9.17) is 0 Å². The monoisotopic (exact) mass is 440 g/mol. The van der Waals surface area contributed by atoms with Crippen LogP contribution in [0.3, 0.4) is 0 Å². The van der Waals surface area contributed by atoms with E-state index < -0.39 is 11.7 Å². The van der Waals surface area contributed by atoms with E-state index in [1.165, 1.54) is 19.1 Å². The van der Waals surface area contributed by atoms with Crippen LogP contribution in [0.15, 0.2) is 60.7 Å². The minimum absolute atomic E-state index is 0.0400. The standard InChI is InChI=1S/C25H23F3N2O2/c1-15(20-13-30(14-20)16(2)31)29-24(32)19-8-11-23-18(12-19)4-3-5-22(23)17-6-9-21(10-7-17)25(26,27)28/h3-12,15,20H,13-14H2,1-2H3,(H,29,32)/t15-/m0/s1. The normalized spacial score (nSPS) is 15.3. The third kappa shape index (κ3) is 4.33. The molecule has 1 atom stereocenters. The fourth-order valence-electron chi connectivity index (χ4n) is 4.01. The quantitative estimate of drug-likeness (QED) is 0.612. The van der Waals surface area contributed by atoms with Crippen LogP contribution in [0.2, 0.25) is 0 Å². The molecule has 32 heavy (non-hydrogen) atoms. The van der Waals surface area contributed by atoms with Crippen molar-refractivity contribution >= 4 is 22.6 Å². The summed E-state index contributed by atoms with van der Waals surface area (Å²) in [6, 6.07) is 15.9. The van der Waals surface area contributed by atoms with Crippen LogP contribution in [0, 0.1) is 5.92 Å². The summed E-state index contributed by atoms with van der Waals surface area (Å²) in [6.45, 7) is 4.76. The minimum Gasteiger partial charge on any atom is -0.349 e. The van der Waals surface area contributed by atoms with Crippen molar-refractivity contribution < 1.29 is 22.8 Å². The maximum atomic E-state index is 12.9. The Labute approximate surface area is 184 Å². The molecule has 4 nitrogen and oxygen atoms in total. The van der Waals surface area contributed by atoms with Crippen LogP contribution < -0.4 is 5.32 Å². The van der Waals surface area contributed by atoms with Crippen molar-refractivity contribution in [3.8, 4) is 11.1 Å². The lowest BCUT2D eigenvalue weighted by Crippen LogP contribution is -2.56. The molecule has 0 spiro atoms. The Hall–Kier alpha value is -3.35. The molecular formula is C25H23F3N2O2. The highest BCUT2D eigenvalue weighted by atomic mass is 19.4. The number of rotatable bonds is 4. The fraction of sp³-hybridized carbons (Fsp3) is 0.280. The molecule has 1 N–H and O–H groups in total. The van der Waals surface area contributed by atoms with Gasteiger partial charge >= 0.3 is 6.18 Å². The summed E-state index contributed by atoms with van der Waals surface area (Å²) < 4.78 is 38.6. The third-order valence-corrected chi connectivity index (χ3v) is 6.09. The third-order valence-electron chi connectivity index (χ3n) is 6.09. The number of carbonyl (C=O) groups is 2. The maximum Gasteiger partial charge on any atom is 0.416 e. The van der Waals surface area contributed by atoms with Crippen LogP contribution in [-0.2, 0) is 11.0 Å². The van der Waals surface area contributed by atoms with Gasteiger partial charge in [0.1, 0.15) is 0 Å². The highest BCUT2D eigenvalue weighted by Gasteiger charge is 2.33. The molecule has 0 bridgehead atoms. The summed E-state index contributed by atoms with van der Waals surface area (Å²) >= 11 is 0. The number of fused-ring (bicyclic) bond motifs is 1. The van der Waals surface area contributed by atoms with E-state index in [0.717, 1.165) is 28.5 Å². The lowest BCUT2D eigenvalue weighted by Gasteiger charge is -2.42. The zero-order chi connectivity index (χ0) is 23.0. The molecule has 0 unspecified atom stereocenters. The van der Waals surface area contributed by atoms with Gasteiger partial charge in [0.15, 0.2) is 0 Å². The molecule has 3 aromatic carbocycles. The van der Waals surface area contributed by atoms with E-state index in [2.05, 4.69) is 5.32 Å². The second-order valence-corrected chi connectivity index (χ2v) is 8.26. The number of nitrogens with zero attached hydrogens (tertiary/aromatic N) is 1. The summed E-state index contributed by atoms with van der Waals surface area (Å²) in [6.07, 6.45) is -4.37. The molecule has 0 aliphatic carbocycles. The van der Waals surface area contributed by atoms with Gasteiger partial charge in [-0.05, 0) is 53.1 Å². The fourth-order valence-corrected chi connectivity index (χ4v) is 4.01. The Bertz CT molecular complexity index is 1170. The summed E-state index contributed by atoms with van der Waals surface area (Å²) in [5.41, 5.74) is 1.30. The summed E-state index contributed by atoms with van der Waals surface area (Å²) in [4.78, 5) is 25.8. The number of benzene rings is 3. The van der Waals surface area contributed by atoms with Crippen LogP contribution in [0.1, 0.15) is 29.8 Å². The van der Waals surface area contributed by atoms with Crippen molar-refractivity contribution in [1.82, 2.24) is 10.2 Å². The van der Waals surface area contributed by atoms with Crippen LogP contribution in [0.5, 0.6) is 0 Å². The molecule has 0 aromatic heterocycles. The van der Waals surface area contributed by atoms with Crippen molar-refractivity contribution in [3.05, 3.63) is 71.8 Å². The van der Waals surface area contributed by atoms with Crippen molar-refractivity contribution in [2.75, 3.05) is 13.1 Å². The Kier molecular flexibility index (Phi) is 5.67. The number of alkyl halides is 3. The van der Waals surface area contributed by atoms with Crippen molar-refractivity contribution in [2.45, 2.75) is 26.1 Å². The average Bonchev–Trinajstić information content (AvgIpc) is 2.71. The highest BCUT2D eigenvalue weighted by molar-refractivity contribution is 6.02. The van der Waals surface area contributed by atoms with Gasteiger partial charge < -0.3 is 10.2 Å². The Morgan fingerprint density at radius 2 is 1.72 bits per heavy atom. The zero-order valence-corrected chi connectivity index (χ0v) is 17.7. The van der Waals surface area contributed by atoms with E-state index in [1.54, 1.807) is 17.0 Å². The van der Waals surface area contributed by atoms with E-state index in [0.29, 0.717) is 24.2 Å². The number of nitrogens with one attached hydrogen (secondary N) is 1. The van der Waals surface area contributed by atoms with Crippen LogP contribution in [0.4, 0.5) is 13.2 Å². The average molecular weight is 440 g/mol. The SMILES string of the molecule is CC(=O)N1CC([C@H](C)NC(=O)c2ccc3c(-c4ccc(C(F)(F)F)cc4)cccc3c2)C1. The summed E-state index contributed by atoms with van der Waals surface area (Å²) in [7, 11) is 0. The van der Waals surface area contributed by atoms with Crippen molar-refractivity contribution in [1.29, 1.82) is 0 Å². The van der Waals surface area contributed by atoms with Crippen LogP contribution >= 0.6 is 0 Å². The molecule has 1 fully saturated rings. The zero-order valence-electron chi connectivity index (χ0n) is 17.7. The molecule has 0 saturated carbocycles. The van der Waals surface area contributed by atoms with Gasteiger partial charge in [-0.2, -0.15) is 13.2 Å². The Morgan fingerprint density at radius 3 is 2.34 bits per heavy atom. The number of carbonyl (C=O) groups excluding carboxylic acids is 2. The first kappa shape index (κ1) is 21.9. The Morgan fingerprint density at radius 1 is 1.03 bits per heavy atom. The molecule has 7 heteroatoms. The first-order valence-electron chi connectivity index (χ1n) is 10.4. The summed E-state index contributed by atoms with van der Waals surface area (Å²) in [5.74, 6) is 0.0772. The number of hydrogen-bond acceptors (Lipinski definition) is 2. The first-order valence-corrected chi connectivity index (χ1v) is 10.4.